The zero-order valence-electron chi connectivity index (χ0n) is 67.1. The number of fused-ring (bicyclic) bond motifs is 8. The minimum Gasteiger partial charge on any atom is -0.341 e. The molecule has 0 amide bonds. The van der Waals surface area contributed by atoms with Crippen molar-refractivity contribution in [3.63, 3.8) is 0 Å². The summed E-state index contributed by atoms with van der Waals surface area (Å²) in [5.41, 5.74) is 45.8. The molecule has 0 aliphatic rings. The van der Waals surface area contributed by atoms with Crippen LogP contribution in [-0.4, -0.2) is 39.0 Å². The molecule has 0 saturated carbocycles. The van der Waals surface area contributed by atoms with E-state index in [0.717, 1.165) is 119 Å². The molecule has 0 N–H and O–H groups in total. The molecular weight excluding hydrogens is 1360 g/mol. The Labute approximate surface area is 656 Å². The van der Waals surface area contributed by atoms with Gasteiger partial charge in [0.05, 0.1) is 11.0 Å². The van der Waals surface area contributed by atoms with Gasteiger partial charge in [-0.1, -0.05) is 127 Å². The molecule has 18 aromatic rings. The van der Waals surface area contributed by atoms with Crippen molar-refractivity contribution < 1.29 is 0 Å². The number of nitrogens with zero attached hydrogens (tertiary/aromatic N) is 8. The maximum absolute atomic E-state index is 4.96. The van der Waals surface area contributed by atoms with Crippen molar-refractivity contribution in [2.24, 2.45) is 0 Å². The summed E-state index contributed by atoms with van der Waals surface area (Å²) in [6.45, 7) is 37.9. The van der Waals surface area contributed by atoms with Crippen molar-refractivity contribution in [3.8, 4) is 117 Å². The van der Waals surface area contributed by atoms with Crippen molar-refractivity contribution in [1.82, 2.24) is 39.0 Å². The van der Waals surface area contributed by atoms with E-state index in [1.807, 2.05) is 6.92 Å². The van der Waals surface area contributed by atoms with Gasteiger partial charge >= 0.3 is 0 Å². The van der Waals surface area contributed by atoms with Crippen LogP contribution in [0, 0.1) is 111 Å². The molecule has 0 fully saturated rings. The van der Waals surface area contributed by atoms with Crippen LogP contribution in [0.3, 0.4) is 0 Å². The van der Waals surface area contributed by atoms with Gasteiger partial charge in [0, 0.05) is 113 Å². The van der Waals surface area contributed by atoms with E-state index in [-0.39, 0.29) is 0 Å². The van der Waals surface area contributed by atoms with E-state index in [0.29, 0.717) is 0 Å². The lowest BCUT2D eigenvalue weighted by molar-refractivity contribution is 0.827. The second-order valence-electron chi connectivity index (χ2n) is 31.5. The molecule has 8 heteroatoms. The second kappa shape index (κ2) is 27.4. The van der Waals surface area contributed by atoms with Crippen LogP contribution in [-0.2, 0) is 6.54 Å². The van der Waals surface area contributed by atoms with E-state index in [1.165, 1.54) is 160 Å². The zero-order chi connectivity index (χ0) is 77.6. The summed E-state index contributed by atoms with van der Waals surface area (Å²) in [5, 5.41) is 9.66. The van der Waals surface area contributed by atoms with Crippen molar-refractivity contribution in [2.45, 2.75) is 124 Å². The lowest BCUT2D eigenvalue weighted by atomic mass is 9.85. The van der Waals surface area contributed by atoms with Gasteiger partial charge in [-0.25, -0.2) is 19.9 Å². The number of rotatable bonds is 12. The molecule has 0 spiro atoms. The summed E-state index contributed by atoms with van der Waals surface area (Å²) in [6.07, 6.45) is 1.67. The largest absolute Gasteiger partial charge is 0.341 e. The number of aromatic nitrogens is 8. The Bertz CT molecular complexity index is 6970. The number of hydrogen-bond acceptors (Lipinski definition) is 6. The Hall–Kier alpha value is -12.8. The van der Waals surface area contributed by atoms with Crippen LogP contribution in [0.1, 0.15) is 97.2 Å². The van der Waals surface area contributed by atoms with Crippen LogP contribution >= 0.6 is 0 Å². The Morgan fingerprint density at radius 1 is 0.277 bits per heavy atom. The Kier molecular flexibility index (Phi) is 17.3. The van der Waals surface area contributed by atoms with Crippen molar-refractivity contribution in [2.75, 3.05) is 0 Å². The van der Waals surface area contributed by atoms with Crippen LogP contribution in [0.4, 0.5) is 0 Å². The smallest absolute Gasteiger partial charge is 0.125 e. The number of aryl methyl sites for hydroxylation is 15. The first kappa shape index (κ1) is 70.9. The molecule has 0 unspecified atom stereocenters. The summed E-state index contributed by atoms with van der Waals surface area (Å²) >= 11 is 0. The highest BCUT2D eigenvalue weighted by molar-refractivity contribution is 6.24. The quantitative estimate of drug-likeness (QED) is 0.121. The molecule has 0 aliphatic carbocycles. The number of benzene rings is 12. The fourth-order valence-electron chi connectivity index (χ4n) is 18.9. The first-order chi connectivity index (χ1) is 54.0. The van der Waals surface area contributed by atoms with E-state index >= 15 is 0 Å². The molecule has 6 heterocycles. The van der Waals surface area contributed by atoms with Crippen LogP contribution in [0.15, 0.2) is 225 Å². The van der Waals surface area contributed by atoms with Gasteiger partial charge in [0.25, 0.3) is 0 Å². The average Bonchev–Trinajstić information content (AvgIpc) is 1.54. The van der Waals surface area contributed by atoms with Crippen molar-refractivity contribution >= 4 is 65.2 Å². The van der Waals surface area contributed by atoms with Gasteiger partial charge < -0.3 is 9.13 Å². The van der Waals surface area contributed by atoms with Gasteiger partial charge in [-0.3, -0.25) is 9.97 Å². The minimum absolute atomic E-state index is 0.781. The van der Waals surface area contributed by atoms with E-state index < -0.39 is 0 Å². The highest BCUT2D eigenvalue weighted by Crippen LogP contribution is 2.51. The molecule has 8 nitrogen and oxygen atoms in total. The molecule has 546 valence electrons. The van der Waals surface area contributed by atoms with Crippen LogP contribution in [0.2, 0.25) is 0 Å². The van der Waals surface area contributed by atoms with Gasteiger partial charge in [-0.15, -0.1) is 0 Å². The third kappa shape index (κ3) is 11.8. The fraction of sp³-hybridized carbons (Fsp3) is 0.173. The number of pyridine rings is 2. The molecular formula is C104H90N8. The van der Waals surface area contributed by atoms with Gasteiger partial charge in [0.15, 0.2) is 0 Å². The third-order valence-electron chi connectivity index (χ3n) is 24.2. The topological polar surface area (TPSA) is 87.2 Å². The number of hydrogen-bond donors (Lipinski definition) is 0. The molecule has 0 radical (unpaired) electrons. The standard InChI is InChI=1S/C104H90N8/c1-18-111-94-40-38-77(52-92(94)93-53-89(78-23-19-26-81(47-78)96-57(3)41-59(5)107-67(96)13)90(54-95(93)111)79-24-20-27-82(48-79)97-58(4)42-60(6)108-68(97)14)76-36-32-72-31-34-74(44-86(72)45-76)75-35-33-73-37-39-88(51-87(73)46-75)112-103-61(7)56(2)43-91(80-25-21-29-84(49-80)100-69(15)109-71(17)110-70(100)16)101(103)102-98(63(9)62(8)64(10)104(102)112)83-28-22-30-85(50-83)99-65(11)105-55-106-66(99)12/h19-55H,18H2,1-17H3. The van der Waals surface area contributed by atoms with Gasteiger partial charge in [-0.05, 0) is 358 Å². The highest BCUT2D eigenvalue weighted by atomic mass is 15.0. The van der Waals surface area contributed by atoms with E-state index in [2.05, 4.69) is 338 Å². The molecule has 0 saturated heterocycles. The van der Waals surface area contributed by atoms with E-state index in [1.54, 1.807) is 6.33 Å². The molecule has 6 aromatic heterocycles. The first-order valence-corrected chi connectivity index (χ1v) is 39.3. The second-order valence-corrected chi connectivity index (χ2v) is 31.5. The van der Waals surface area contributed by atoms with E-state index in [9.17, 15) is 0 Å². The Morgan fingerprint density at radius 3 is 1.24 bits per heavy atom. The van der Waals surface area contributed by atoms with Crippen molar-refractivity contribution in [3.05, 3.63) is 315 Å². The summed E-state index contributed by atoms with van der Waals surface area (Å²) < 4.78 is 5.10. The normalized spacial score (nSPS) is 11.8. The van der Waals surface area contributed by atoms with Crippen LogP contribution in [0.25, 0.3) is 182 Å². The summed E-state index contributed by atoms with van der Waals surface area (Å²) in [5.74, 6) is 0.781. The molecule has 18 rings (SSSR count). The third-order valence-corrected chi connectivity index (χ3v) is 24.2. The molecule has 0 aliphatic heterocycles. The predicted molar refractivity (Wildman–Crippen MR) is 471 cm³/mol. The molecule has 0 atom stereocenters. The van der Waals surface area contributed by atoms with Crippen LogP contribution in [0.5, 0.6) is 0 Å². The molecule has 112 heavy (non-hydrogen) atoms. The van der Waals surface area contributed by atoms with Gasteiger partial charge in [0.1, 0.15) is 12.2 Å². The Balaban J connectivity index is 0.773. The maximum Gasteiger partial charge on any atom is 0.125 e. The zero-order valence-corrected chi connectivity index (χ0v) is 67.1. The predicted octanol–water partition coefficient (Wildman–Crippen LogP) is 27.2. The van der Waals surface area contributed by atoms with Gasteiger partial charge in [-0.2, -0.15) is 0 Å². The highest BCUT2D eigenvalue weighted by Gasteiger charge is 2.29. The molecule has 12 aromatic carbocycles. The lowest BCUT2D eigenvalue weighted by Crippen LogP contribution is -2.01. The monoisotopic (exact) mass is 1450 g/mol. The SMILES string of the molecule is CCn1c2ccc(-c3ccc4ccc(-c5ccc6ccc(-n7c8c(C)c(C)cc(-c9cccc(-c%10c(C)nc(C)nc%10C)c9)c8c8c(-c9cccc(-c%10c(C)ncnc%10C)c9)c(C)c(C)c(C)c87)cc6c5)cc4c3)cc2c2cc(-c3cccc(-c4c(C)cc(C)nc4C)c3)c(-c3cccc(-c4c(C)cc(C)nc4C)c3)cc21. The van der Waals surface area contributed by atoms with Crippen molar-refractivity contribution in [1.29, 1.82) is 0 Å². The Morgan fingerprint density at radius 2 is 0.705 bits per heavy atom. The lowest BCUT2D eigenvalue weighted by Gasteiger charge is -2.18. The summed E-state index contributed by atoms with van der Waals surface area (Å²) in [7, 11) is 0. The minimum atomic E-state index is 0.781. The van der Waals surface area contributed by atoms with Gasteiger partial charge in [0.2, 0.25) is 0 Å². The van der Waals surface area contributed by atoms with Crippen LogP contribution < -0.4 is 0 Å². The summed E-state index contributed by atoms with van der Waals surface area (Å²) in [6, 6.07) is 83.2. The molecule has 0 bridgehead atoms. The maximum atomic E-state index is 4.96. The van der Waals surface area contributed by atoms with E-state index in [4.69, 9.17) is 29.9 Å². The fourth-order valence-corrected chi connectivity index (χ4v) is 18.9. The first-order valence-electron chi connectivity index (χ1n) is 39.3. The summed E-state index contributed by atoms with van der Waals surface area (Å²) in [4.78, 5) is 29.1. The average molecular weight is 1450 g/mol.